The summed E-state index contributed by atoms with van der Waals surface area (Å²) in [5.41, 5.74) is 4.34. The summed E-state index contributed by atoms with van der Waals surface area (Å²) in [5.74, 6) is 1.49. The second-order valence-electron chi connectivity index (χ2n) is 5.86. The lowest BCUT2D eigenvalue weighted by Crippen LogP contribution is -2.13. The predicted octanol–water partition coefficient (Wildman–Crippen LogP) is 4.60. The average molecular weight is 243 g/mol. The SMILES string of the molecule is CC1=CC[C@@H](C(C)c2ccc(N(C)C)cc2)CC1. The van der Waals surface area contributed by atoms with Gasteiger partial charge in [0.15, 0.2) is 0 Å². The normalized spacial score (nSPS) is 21.3. The van der Waals surface area contributed by atoms with Crippen molar-refractivity contribution in [1.29, 1.82) is 0 Å². The van der Waals surface area contributed by atoms with E-state index in [2.05, 4.69) is 63.2 Å². The van der Waals surface area contributed by atoms with Crippen LogP contribution in [0.1, 0.15) is 44.6 Å². The fourth-order valence-electron chi connectivity index (χ4n) is 2.79. The molecule has 0 bridgehead atoms. The number of benzene rings is 1. The number of anilines is 1. The summed E-state index contributed by atoms with van der Waals surface area (Å²) in [6, 6.07) is 9.06. The Morgan fingerprint density at radius 1 is 1.17 bits per heavy atom. The molecule has 0 aromatic heterocycles. The van der Waals surface area contributed by atoms with Gasteiger partial charge in [-0.05, 0) is 55.7 Å². The van der Waals surface area contributed by atoms with E-state index < -0.39 is 0 Å². The Morgan fingerprint density at radius 2 is 1.83 bits per heavy atom. The molecule has 0 radical (unpaired) electrons. The van der Waals surface area contributed by atoms with Crippen LogP contribution in [-0.4, -0.2) is 14.1 Å². The van der Waals surface area contributed by atoms with Gasteiger partial charge in [-0.1, -0.05) is 30.7 Å². The molecule has 1 aromatic carbocycles. The fraction of sp³-hybridized carbons (Fsp3) is 0.529. The lowest BCUT2D eigenvalue weighted by Gasteiger charge is -2.27. The molecule has 1 aromatic rings. The molecule has 0 heterocycles. The van der Waals surface area contributed by atoms with Gasteiger partial charge in [0.05, 0.1) is 0 Å². The van der Waals surface area contributed by atoms with Gasteiger partial charge in [0.2, 0.25) is 0 Å². The third-order valence-electron chi connectivity index (χ3n) is 4.32. The molecule has 0 spiro atoms. The third-order valence-corrected chi connectivity index (χ3v) is 4.32. The first-order valence-corrected chi connectivity index (χ1v) is 7.01. The summed E-state index contributed by atoms with van der Waals surface area (Å²) in [6.07, 6.45) is 6.31. The molecular formula is C17H25N. The summed E-state index contributed by atoms with van der Waals surface area (Å²) in [5, 5.41) is 0. The molecule has 0 fully saturated rings. The number of hydrogen-bond donors (Lipinski definition) is 0. The van der Waals surface area contributed by atoms with E-state index in [4.69, 9.17) is 0 Å². The second kappa shape index (κ2) is 5.60. The highest BCUT2D eigenvalue weighted by Gasteiger charge is 2.20. The van der Waals surface area contributed by atoms with Gasteiger partial charge >= 0.3 is 0 Å². The first-order valence-electron chi connectivity index (χ1n) is 7.01. The predicted molar refractivity (Wildman–Crippen MR) is 80.3 cm³/mol. The van der Waals surface area contributed by atoms with E-state index in [0.717, 1.165) is 5.92 Å². The van der Waals surface area contributed by atoms with Crippen molar-refractivity contribution in [3.63, 3.8) is 0 Å². The van der Waals surface area contributed by atoms with Gasteiger partial charge < -0.3 is 4.90 Å². The largest absolute Gasteiger partial charge is 0.378 e. The molecule has 18 heavy (non-hydrogen) atoms. The zero-order valence-electron chi connectivity index (χ0n) is 12.1. The summed E-state index contributed by atoms with van der Waals surface area (Å²) in [7, 11) is 4.18. The van der Waals surface area contributed by atoms with Crippen LogP contribution in [0.2, 0.25) is 0 Å². The molecule has 98 valence electrons. The van der Waals surface area contributed by atoms with E-state index in [1.54, 1.807) is 5.57 Å². The number of allylic oxidation sites excluding steroid dienone is 2. The Kier molecular flexibility index (Phi) is 4.11. The minimum Gasteiger partial charge on any atom is -0.378 e. The summed E-state index contributed by atoms with van der Waals surface area (Å²) < 4.78 is 0. The first kappa shape index (κ1) is 13.2. The monoisotopic (exact) mass is 243 g/mol. The van der Waals surface area contributed by atoms with Gasteiger partial charge in [-0.2, -0.15) is 0 Å². The van der Waals surface area contributed by atoms with Crippen LogP contribution in [0.4, 0.5) is 5.69 Å². The van der Waals surface area contributed by atoms with Gasteiger partial charge in [0.1, 0.15) is 0 Å². The van der Waals surface area contributed by atoms with Crippen molar-refractivity contribution in [3.05, 3.63) is 41.5 Å². The smallest absolute Gasteiger partial charge is 0.0361 e. The molecule has 0 amide bonds. The van der Waals surface area contributed by atoms with Crippen molar-refractivity contribution in [2.24, 2.45) is 5.92 Å². The standard InChI is InChI=1S/C17H25N/c1-13-5-7-15(8-6-13)14(2)16-9-11-17(12-10-16)18(3)4/h5,9-12,14-15H,6-8H2,1-4H3/t14?,15-/m1/s1. The molecule has 0 saturated carbocycles. The van der Waals surface area contributed by atoms with Crippen LogP contribution in [-0.2, 0) is 0 Å². The molecule has 1 aliphatic rings. The number of hydrogen-bond acceptors (Lipinski definition) is 1. The highest BCUT2D eigenvalue weighted by Crippen LogP contribution is 2.35. The maximum Gasteiger partial charge on any atom is 0.0361 e. The van der Waals surface area contributed by atoms with Gasteiger partial charge in [0, 0.05) is 19.8 Å². The third kappa shape index (κ3) is 2.95. The van der Waals surface area contributed by atoms with Crippen molar-refractivity contribution >= 4 is 5.69 Å². The first-order chi connectivity index (χ1) is 8.58. The van der Waals surface area contributed by atoms with E-state index in [1.807, 2.05) is 0 Å². The summed E-state index contributed by atoms with van der Waals surface area (Å²) >= 11 is 0. The van der Waals surface area contributed by atoms with Crippen LogP contribution >= 0.6 is 0 Å². The topological polar surface area (TPSA) is 3.24 Å². The van der Waals surface area contributed by atoms with Crippen LogP contribution in [0, 0.1) is 5.92 Å². The van der Waals surface area contributed by atoms with Crippen molar-refractivity contribution in [1.82, 2.24) is 0 Å². The Bertz CT molecular complexity index is 414. The van der Waals surface area contributed by atoms with Crippen LogP contribution in [0.15, 0.2) is 35.9 Å². The molecule has 1 unspecified atom stereocenters. The highest BCUT2D eigenvalue weighted by atomic mass is 15.1. The molecule has 0 aliphatic heterocycles. The molecule has 0 N–H and O–H groups in total. The molecular weight excluding hydrogens is 218 g/mol. The minimum atomic E-state index is 0.672. The van der Waals surface area contributed by atoms with Crippen LogP contribution in [0.5, 0.6) is 0 Å². The van der Waals surface area contributed by atoms with Crippen molar-refractivity contribution < 1.29 is 0 Å². The average Bonchev–Trinajstić information content (AvgIpc) is 2.39. The van der Waals surface area contributed by atoms with Gasteiger partial charge in [-0.25, -0.2) is 0 Å². The van der Waals surface area contributed by atoms with Gasteiger partial charge in [-0.15, -0.1) is 0 Å². The molecule has 2 rings (SSSR count). The molecule has 1 aliphatic carbocycles. The zero-order chi connectivity index (χ0) is 13.1. The fourth-order valence-corrected chi connectivity index (χ4v) is 2.79. The Balaban J connectivity index is 2.07. The Labute approximate surface area is 112 Å². The quantitative estimate of drug-likeness (QED) is 0.701. The van der Waals surface area contributed by atoms with E-state index in [-0.39, 0.29) is 0 Å². The van der Waals surface area contributed by atoms with Crippen LogP contribution in [0.25, 0.3) is 0 Å². The molecule has 2 atom stereocenters. The number of nitrogens with zero attached hydrogens (tertiary/aromatic N) is 1. The second-order valence-corrected chi connectivity index (χ2v) is 5.86. The maximum absolute atomic E-state index is 2.43. The zero-order valence-corrected chi connectivity index (χ0v) is 12.1. The maximum atomic E-state index is 2.43. The van der Waals surface area contributed by atoms with Crippen molar-refractivity contribution in [2.45, 2.75) is 39.0 Å². The van der Waals surface area contributed by atoms with Crippen LogP contribution in [0.3, 0.4) is 0 Å². The lowest BCUT2D eigenvalue weighted by atomic mass is 9.78. The summed E-state index contributed by atoms with van der Waals surface area (Å²) in [6.45, 7) is 4.64. The van der Waals surface area contributed by atoms with E-state index in [0.29, 0.717) is 5.92 Å². The summed E-state index contributed by atoms with van der Waals surface area (Å²) in [4.78, 5) is 2.15. The van der Waals surface area contributed by atoms with E-state index >= 15 is 0 Å². The van der Waals surface area contributed by atoms with E-state index in [1.165, 1.54) is 30.5 Å². The number of rotatable bonds is 3. The highest BCUT2D eigenvalue weighted by molar-refractivity contribution is 5.46. The molecule has 0 saturated heterocycles. The lowest BCUT2D eigenvalue weighted by molar-refractivity contribution is 0.403. The molecule has 1 nitrogen and oxygen atoms in total. The Hall–Kier alpha value is -1.24. The van der Waals surface area contributed by atoms with E-state index in [9.17, 15) is 0 Å². The van der Waals surface area contributed by atoms with Crippen molar-refractivity contribution in [3.8, 4) is 0 Å². The van der Waals surface area contributed by atoms with Gasteiger partial charge in [-0.3, -0.25) is 0 Å². The minimum absolute atomic E-state index is 0.672. The van der Waals surface area contributed by atoms with Crippen LogP contribution < -0.4 is 4.90 Å². The Morgan fingerprint density at radius 3 is 2.33 bits per heavy atom. The van der Waals surface area contributed by atoms with Gasteiger partial charge in [0.25, 0.3) is 0 Å². The molecule has 1 heteroatoms. The van der Waals surface area contributed by atoms with Crippen molar-refractivity contribution in [2.75, 3.05) is 19.0 Å².